The summed E-state index contributed by atoms with van der Waals surface area (Å²) in [7, 11) is 0. The molecule has 0 saturated heterocycles. The highest BCUT2D eigenvalue weighted by atomic mass is 32.1. The molecule has 0 aliphatic rings. The lowest BCUT2D eigenvalue weighted by atomic mass is 9.84. The van der Waals surface area contributed by atoms with Gasteiger partial charge in [-0.3, -0.25) is 0 Å². The molecule has 3 heteroatoms. The van der Waals surface area contributed by atoms with Crippen molar-refractivity contribution in [3.8, 4) is 43.8 Å². The average molecular weight is 769 g/mol. The molecule has 0 aliphatic heterocycles. The van der Waals surface area contributed by atoms with Gasteiger partial charge >= 0.3 is 0 Å². The number of benzene rings is 10. The van der Waals surface area contributed by atoms with Crippen molar-refractivity contribution >= 4 is 97.6 Å². The molecule has 13 aromatic rings. The maximum absolute atomic E-state index is 6.85. The molecule has 0 aliphatic carbocycles. The van der Waals surface area contributed by atoms with E-state index in [1.165, 1.54) is 86.0 Å². The van der Waals surface area contributed by atoms with E-state index in [1.807, 2.05) is 17.4 Å². The normalized spacial score (nSPS) is 12.1. The molecule has 0 fully saturated rings. The van der Waals surface area contributed by atoms with Crippen LogP contribution in [0.25, 0.3) is 130 Å². The molecule has 0 N–H and O–H groups in total. The van der Waals surface area contributed by atoms with Gasteiger partial charge in [-0.2, -0.15) is 0 Å². The minimum atomic E-state index is 0.892. The highest BCUT2D eigenvalue weighted by Crippen LogP contribution is 2.51. The Hall–Kier alpha value is -7.46. The smallest absolute Gasteiger partial charge is 0.153 e. The van der Waals surface area contributed by atoms with Crippen LogP contribution >= 0.6 is 11.3 Å². The summed E-state index contributed by atoms with van der Waals surface area (Å²) in [5.41, 5.74) is 12.1. The zero-order valence-electron chi connectivity index (χ0n) is 31.7. The monoisotopic (exact) mass is 768 g/mol. The van der Waals surface area contributed by atoms with Crippen LogP contribution in [0, 0.1) is 0 Å². The van der Waals surface area contributed by atoms with Gasteiger partial charge in [0.25, 0.3) is 0 Å². The molecule has 0 radical (unpaired) electrons. The van der Waals surface area contributed by atoms with Crippen molar-refractivity contribution in [2.75, 3.05) is 0 Å². The largest absolute Gasteiger partial charge is 0.456 e. The molecular formula is C56H32O2S. The van der Waals surface area contributed by atoms with Crippen LogP contribution in [0.2, 0.25) is 0 Å². The number of para-hydroxylation sites is 1. The summed E-state index contributed by atoms with van der Waals surface area (Å²) >= 11 is 1.82. The molecule has 10 aromatic carbocycles. The van der Waals surface area contributed by atoms with Crippen LogP contribution < -0.4 is 0 Å². The van der Waals surface area contributed by atoms with Gasteiger partial charge in [0.05, 0.1) is 4.70 Å². The standard InChI is InChI=1S/C56H32O2S/c1-3-15-33(16-4-1)51-44-29-28-42-45-31-35(27-30-48(45)58-54(42)56(44)59-55(51)34-17-5-2-6-18-34)50-38-21-9-11-23-40(38)52(41-24-12-10-22-39(41)50)46-32-49-53(37-20-8-7-19-36(37)46)43-25-13-14-26-47(43)57-49/h1-32H. The summed E-state index contributed by atoms with van der Waals surface area (Å²) in [6.07, 6.45) is 0. The predicted octanol–water partition coefficient (Wildman–Crippen LogP) is 16.8. The summed E-state index contributed by atoms with van der Waals surface area (Å²) in [5.74, 6) is 0. The molecule has 0 bridgehead atoms. The molecular weight excluding hydrogens is 737 g/mol. The maximum Gasteiger partial charge on any atom is 0.153 e. The van der Waals surface area contributed by atoms with Crippen molar-refractivity contribution in [2.24, 2.45) is 0 Å². The number of rotatable bonds is 4. The maximum atomic E-state index is 6.85. The molecule has 274 valence electrons. The fourth-order valence-electron chi connectivity index (χ4n) is 9.75. The second-order valence-corrected chi connectivity index (χ2v) is 16.5. The molecule has 0 saturated carbocycles. The lowest BCUT2D eigenvalue weighted by Crippen LogP contribution is -1.92. The van der Waals surface area contributed by atoms with Crippen molar-refractivity contribution in [1.29, 1.82) is 0 Å². The van der Waals surface area contributed by atoms with Crippen LogP contribution in [-0.2, 0) is 0 Å². The van der Waals surface area contributed by atoms with Crippen LogP contribution in [0.1, 0.15) is 0 Å². The molecule has 3 heterocycles. The van der Waals surface area contributed by atoms with E-state index < -0.39 is 0 Å². The van der Waals surface area contributed by atoms with Crippen molar-refractivity contribution < 1.29 is 8.83 Å². The number of hydrogen-bond acceptors (Lipinski definition) is 3. The van der Waals surface area contributed by atoms with Crippen LogP contribution in [0.15, 0.2) is 203 Å². The van der Waals surface area contributed by atoms with Gasteiger partial charge in [-0.15, -0.1) is 11.3 Å². The topological polar surface area (TPSA) is 26.3 Å². The molecule has 0 atom stereocenters. The first-order chi connectivity index (χ1) is 29.3. The molecule has 0 amide bonds. The first kappa shape index (κ1) is 32.6. The Balaban J connectivity index is 1.06. The Morgan fingerprint density at radius 1 is 0.305 bits per heavy atom. The molecule has 13 rings (SSSR count). The van der Waals surface area contributed by atoms with E-state index in [2.05, 4.69) is 188 Å². The van der Waals surface area contributed by atoms with Gasteiger partial charge in [-0.1, -0.05) is 164 Å². The number of hydrogen-bond donors (Lipinski definition) is 0. The summed E-state index contributed by atoms with van der Waals surface area (Å²) < 4.78 is 14.6. The number of furan rings is 2. The molecule has 2 nitrogen and oxygen atoms in total. The Morgan fingerprint density at radius 2 is 0.864 bits per heavy atom. The van der Waals surface area contributed by atoms with Gasteiger partial charge in [0.2, 0.25) is 0 Å². The van der Waals surface area contributed by atoms with Crippen molar-refractivity contribution in [1.82, 2.24) is 0 Å². The summed E-state index contributed by atoms with van der Waals surface area (Å²) in [5, 5.41) is 13.0. The van der Waals surface area contributed by atoms with Crippen LogP contribution in [0.3, 0.4) is 0 Å². The fourth-order valence-corrected chi connectivity index (χ4v) is 11.1. The highest BCUT2D eigenvalue weighted by molar-refractivity contribution is 7.24. The lowest BCUT2D eigenvalue weighted by molar-refractivity contribution is 0.669. The van der Waals surface area contributed by atoms with Gasteiger partial charge in [0, 0.05) is 37.4 Å². The number of fused-ring (bicyclic) bond motifs is 12. The van der Waals surface area contributed by atoms with Crippen LogP contribution in [0.4, 0.5) is 0 Å². The minimum absolute atomic E-state index is 0.892. The zero-order valence-corrected chi connectivity index (χ0v) is 32.5. The SMILES string of the molecule is c1ccc(-c2sc3c(ccc4c5cc(-c6c7ccccc7c(-c7cc8oc9ccccc9c8c8ccccc78)c7ccccc67)ccc5oc43)c2-c2ccccc2)cc1. The van der Waals surface area contributed by atoms with Gasteiger partial charge in [0.15, 0.2) is 5.58 Å². The first-order valence-corrected chi connectivity index (χ1v) is 20.9. The van der Waals surface area contributed by atoms with Gasteiger partial charge in [-0.05, 0) is 96.0 Å². The lowest BCUT2D eigenvalue weighted by Gasteiger charge is -2.19. The Labute approximate surface area is 342 Å². The average Bonchev–Trinajstić information content (AvgIpc) is 4.00. The highest BCUT2D eigenvalue weighted by Gasteiger charge is 2.23. The van der Waals surface area contributed by atoms with E-state index in [-0.39, 0.29) is 0 Å². The molecule has 59 heavy (non-hydrogen) atoms. The second-order valence-electron chi connectivity index (χ2n) is 15.5. The second kappa shape index (κ2) is 12.5. The fraction of sp³-hybridized carbons (Fsp3) is 0. The van der Waals surface area contributed by atoms with Crippen molar-refractivity contribution in [3.63, 3.8) is 0 Å². The van der Waals surface area contributed by atoms with Crippen LogP contribution in [-0.4, -0.2) is 0 Å². The van der Waals surface area contributed by atoms with E-state index in [9.17, 15) is 0 Å². The molecule has 0 spiro atoms. The molecule has 0 unspecified atom stereocenters. The Morgan fingerprint density at radius 3 is 1.58 bits per heavy atom. The summed E-state index contributed by atoms with van der Waals surface area (Å²) in [6, 6.07) is 70.0. The summed E-state index contributed by atoms with van der Waals surface area (Å²) in [6.45, 7) is 0. The van der Waals surface area contributed by atoms with Gasteiger partial charge < -0.3 is 8.83 Å². The van der Waals surface area contributed by atoms with Gasteiger partial charge in [-0.25, -0.2) is 0 Å². The van der Waals surface area contributed by atoms with E-state index in [4.69, 9.17) is 8.83 Å². The van der Waals surface area contributed by atoms with E-state index in [1.54, 1.807) is 0 Å². The van der Waals surface area contributed by atoms with Crippen LogP contribution in [0.5, 0.6) is 0 Å². The third kappa shape index (κ3) is 4.74. The predicted molar refractivity (Wildman–Crippen MR) is 251 cm³/mol. The van der Waals surface area contributed by atoms with E-state index >= 15 is 0 Å². The third-order valence-corrected chi connectivity index (χ3v) is 13.5. The molecule has 3 aromatic heterocycles. The minimum Gasteiger partial charge on any atom is -0.456 e. The summed E-state index contributed by atoms with van der Waals surface area (Å²) in [4.78, 5) is 1.26. The Bertz CT molecular complexity index is 3770. The van der Waals surface area contributed by atoms with Crippen molar-refractivity contribution in [2.45, 2.75) is 0 Å². The zero-order chi connectivity index (χ0) is 38.6. The van der Waals surface area contributed by atoms with Gasteiger partial charge in [0.1, 0.15) is 16.7 Å². The Kier molecular flexibility index (Phi) is 6.92. The quantitative estimate of drug-likeness (QED) is 0.167. The number of thiophene rings is 1. The van der Waals surface area contributed by atoms with E-state index in [0.29, 0.717) is 0 Å². The van der Waals surface area contributed by atoms with Crippen molar-refractivity contribution in [3.05, 3.63) is 194 Å². The first-order valence-electron chi connectivity index (χ1n) is 20.1. The third-order valence-electron chi connectivity index (χ3n) is 12.3. The van der Waals surface area contributed by atoms with E-state index in [0.717, 1.165) is 44.1 Å².